The van der Waals surface area contributed by atoms with Gasteiger partial charge < -0.3 is 10.2 Å². The quantitative estimate of drug-likeness (QED) is 0.925. The van der Waals surface area contributed by atoms with Gasteiger partial charge in [-0.1, -0.05) is 19.1 Å². The van der Waals surface area contributed by atoms with E-state index in [1.54, 1.807) is 24.1 Å². The second kappa shape index (κ2) is 6.70. The Balaban J connectivity index is 2.26. The molecule has 0 unspecified atom stereocenters. The fourth-order valence-electron chi connectivity index (χ4n) is 2.81. The van der Waals surface area contributed by atoms with Gasteiger partial charge in [0.15, 0.2) is 0 Å². The summed E-state index contributed by atoms with van der Waals surface area (Å²) in [6, 6.07) is 5.69. The van der Waals surface area contributed by atoms with Gasteiger partial charge in [0, 0.05) is 20.0 Å². The Morgan fingerprint density at radius 1 is 1.38 bits per heavy atom. The van der Waals surface area contributed by atoms with Gasteiger partial charge in [0.1, 0.15) is 5.82 Å². The Morgan fingerprint density at radius 3 is 2.67 bits per heavy atom. The summed E-state index contributed by atoms with van der Waals surface area (Å²) in [7, 11) is 1.70. The molecule has 5 heteroatoms. The number of hydrogen-bond acceptors (Lipinski definition) is 2. The van der Waals surface area contributed by atoms with Crippen LogP contribution in [0.1, 0.15) is 37.8 Å². The van der Waals surface area contributed by atoms with Gasteiger partial charge in [0.25, 0.3) is 0 Å². The number of halogens is 1. The lowest BCUT2D eigenvalue weighted by atomic mass is 9.84. The third-order valence-electron chi connectivity index (χ3n) is 3.96. The zero-order valence-corrected chi connectivity index (χ0v) is 12.4. The zero-order valence-electron chi connectivity index (χ0n) is 12.4. The summed E-state index contributed by atoms with van der Waals surface area (Å²) in [5.41, 5.74) is 0.795. The second-order valence-electron chi connectivity index (χ2n) is 5.44. The molecule has 1 N–H and O–H groups in total. The number of carbonyl (C=O) groups excluding carboxylic acids is 2. The van der Waals surface area contributed by atoms with E-state index in [2.05, 4.69) is 5.32 Å². The van der Waals surface area contributed by atoms with Gasteiger partial charge in [-0.25, -0.2) is 4.39 Å². The van der Waals surface area contributed by atoms with Crippen molar-refractivity contribution in [1.29, 1.82) is 0 Å². The molecule has 1 aliphatic rings. The summed E-state index contributed by atoms with van der Waals surface area (Å²) in [5.74, 6) is -0.630. The molecule has 1 fully saturated rings. The number of hydrogen-bond donors (Lipinski definition) is 1. The molecule has 0 aliphatic carbocycles. The van der Waals surface area contributed by atoms with E-state index in [-0.39, 0.29) is 29.6 Å². The fourth-order valence-corrected chi connectivity index (χ4v) is 2.81. The number of amides is 2. The highest BCUT2D eigenvalue weighted by atomic mass is 19.1. The van der Waals surface area contributed by atoms with E-state index in [1.807, 2.05) is 6.92 Å². The molecular weight excluding hydrogens is 271 g/mol. The van der Waals surface area contributed by atoms with Crippen molar-refractivity contribution in [2.24, 2.45) is 5.92 Å². The molecule has 21 heavy (non-hydrogen) atoms. The Kier molecular flexibility index (Phi) is 4.94. The largest absolute Gasteiger partial charge is 0.356 e. The highest BCUT2D eigenvalue weighted by molar-refractivity contribution is 5.84. The van der Waals surface area contributed by atoms with Crippen molar-refractivity contribution in [1.82, 2.24) is 10.2 Å². The minimum atomic E-state index is -0.330. The summed E-state index contributed by atoms with van der Waals surface area (Å²) in [5, 5.41) is 2.90. The fraction of sp³-hybridized carbons (Fsp3) is 0.500. The Morgan fingerprint density at radius 2 is 2.05 bits per heavy atom. The standard InChI is InChI=1S/C16H21FN2O2/c1-3-10-18-16(21)13-8-9-14(20)19(2)15(13)11-4-6-12(17)7-5-11/h4-7,13,15H,3,8-10H2,1-2H3,(H,18,21)/t13-,15-/m1/s1. The molecule has 2 rings (SSSR count). The summed E-state index contributed by atoms with van der Waals surface area (Å²) in [6.45, 7) is 2.62. The van der Waals surface area contributed by atoms with Crippen molar-refractivity contribution in [3.8, 4) is 0 Å². The molecule has 0 aromatic heterocycles. The van der Waals surface area contributed by atoms with Gasteiger partial charge in [-0.05, 0) is 30.5 Å². The van der Waals surface area contributed by atoms with Gasteiger partial charge in [-0.2, -0.15) is 0 Å². The van der Waals surface area contributed by atoms with Gasteiger partial charge >= 0.3 is 0 Å². The molecule has 0 bridgehead atoms. The van der Waals surface area contributed by atoms with Gasteiger partial charge in [-0.3, -0.25) is 9.59 Å². The monoisotopic (exact) mass is 292 g/mol. The number of piperidine rings is 1. The zero-order chi connectivity index (χ0) is 15.4. The van der Waals surface area contributed by atoms with E-state index in [0.29, 0.717) is 19.4 Å². The van der Waals surface area contributed by atoms with Gasteiger partial charge in [-0.15, -0.1) is 0 Å². The third-order valence-corrected chi connectivity index (χ3v) is 3.96. The van der Waals surface area contributed by atoms with Crippen molar-refractivity contribution >= 4 is 11.8 Å². The van der Waals surface area contributed by atoms with Crippen molar-refractivity contribution in [2.45, 2.75) is 32.2 Å². The predicted octanol–water partition coefficient (Wildman–Crippen LogP) is 2.26. The minimum Gasteiger partial charge on any atom is -0.356 e. The summed E-state index contributed by atoms with van der Waals surface area (Å²) < 4.78 is 13.1. The molecule has 0 saturated carbocycles. The molecule has 1 aliphatic heterocycles. The maximum Gasteiger partial charge on any atom is 0.225 e. The highest BCUT2D eigenvalue weighted by Gasteiger charge is 2.38. The lowest BCUT2D eigenvalue weighted by Gasteiger charge is -2.38. The normalized spacial score (nSPS) is 22.2. The molecule has 2 atom stereocenters. The van der Waals surface area contributed by atoms with Crippen molar-refractivity contribution in [2.75, 3.05) is 13.6 Å². The molecule has 1 heterocycles. The second-order valence-corrected chi connectivity index (χ2v) is 5.44. The Labute approximate surface area is 124 Å². The molecule has 0 radical (unpaired) electrons. The summed E-state index contributed by atoms with van der Waals surface area (Å²) in [6.07, 6.45) is 1.77. The summed E-state index contributed by atoms with van der Waals surface area (Å²) >= 11 is 0. The van der Waals surface area contributed by atoms with Crippen LogP contribution in [0, 0.1) is 11.7 Å². The number of benzene rings is 1. The Bertz CT molecular complexity index is 516. The smallest absolute Gasteiger partial charge is 0.225 e. The van der Waals surface area contributed by atoms with Crippen LogP contribution in [0.2, 0.25) is 0 Å². The van der Waals surface area contributed by atoms with Crippen molar-refractivity contribution in [3.05, 3.63) is 35.6 Å². The van der Waals surface area contributed by atoms with E-state index in [4.69, 9.17) is 0 Å². The van der Waals surface area contributed by atoms with Gasteiger partial charge in [0.05, 0.1) is 12.0 Å². The van der Waals surface area contributed by atoms with Crippen LogP contribution < -0.4 is 5.32 Å². The number of nitrogens with zero attached hydrogens (tertiary/aromatic N) is 1. The Hall–Kier alpha value is -1.91. The highest BCUT2D eigenvalue weighted by Crippen LogP contribution is 2.35. The number of likely N-dealkylation sites (tertiary alicyclic amines) is 1. The summed E-state index contributed by atoms with van der Waals surface area (Å²) in [4.78, 5) is 25.9. The number of rotatable bonds is 4. The first-order valence-electron chi connectivity index (χ1n) is 7.33. The van der Waals surface area contributed by atoms with Crippen LogP contribution in [0.15, 0.2) is 24.3 Å². The van der Waals surface area contributed by atoms with E-state index in [0.717, 1.165) is 12.0 Å². The predicted molar refractivity (Wildman–Crippen MR) is 77.9 cm³/mol. The van der Waals surface area contributed by atoms with Crippen LogP contribution in [0.25, 0.3) is 0 Å². The maximum absolute atomic E-state index is 13.1. The first kappa shape index (κ1) is 15.5. The third kappa shape index (κ3) is 3.40. The van der Waals surface area contributed by atoms with E-state index < -0.39 is 0 Å². The maximum atomic E-state index is 13.1. The minimum absolute atomic E-state index is 0.0175. The molecular formula is C16H21FN2O2. The van der Waals surface area contributed by atoms with Crippen LogP contribution in [-0.4, -0.2) is 30.3 Å². The van der Waals surface area contributed by atoms with Crippen LogP contribution in [0.3, 0.4) is 0 Å². The van der Waals surface area contributed by atoms with E-state index in [9.17, 15) is 14.0 Å². The molecule has 2 amide bonds. The lowest BCUT2D eigenvalue weighted by Crippen LogP contribution is -2.46. The molecule has 1 saturated heterocycles. The SMILES string of the molecule is CCCNC(=O)[C@@H]1CCC(=O)N(C)[C@@H]1c1ccc(F)cc1. The number of nitrogens with one attached hydrogen (secondary N) is 1. The van der Waals surface area contributed by atoms with Crippen LogP contribution in [0.4, 0.5) is 4.39 Å². The van der Waals surface area contributed by atoms with Crippen LogP contribution in [0.5, 0.6) is 0 Å². The molecule has 0 spiro atoms. The number of carbonyl (C=O) groups is 2. The van der Waals surface area contributed by atoms with E-state index in [1.165, 1.54) is 12.1 Å². The van der Waals surface area contributed by atoms with Crippen molar-refractivity contribution < 1.29 is 14.0 Å². The molecule has 1 aromatic rings. The topological polar surface area (TPSA) is 49.4 Å². The van der Waals surface area contributed by atoms with E-state index >= 15 is 0 Å². The molecule has 1 aromatic carbocycles. The average molecular weight is 292 g/mol. The average Bonchev–Trinajstić information content (AvgIpc) is 2.48. The first-order chi connectivity index (χ1) is 10.0. The van der Waals surface area contributed by atoms with Crippen molar-refractivity contribution in [3.63, 3.8) is 0 Å². The molecule has 114 valence electrons. The lowest BCUT2D eigenvalue weighted by molar-refractivity contribution is -0.141. The first-order valence-corrected chi connectivity index (χ1v) is 7.33. The van der Waals surface area contributed by atoms with Crippen LogP contribution in [-0.2, 0) is 9.59 Å². The molecule has 4 nitrogen and oxygen atoms in total. The van der Waals surface area contributed by atoms with Gasteiger partial charge in [0.2, 0.25) is 11.8 Å². The van der Waals surface area contributed by atoms with Crippen LogP contribution >= 0.6 is 0 Å².